The summed E-state index contributed by atoms with van der Waals surface area (Å²) in [5, 5.41) is 0.481. The molecule has 1 fully saturated rings. The molecule has 1 aromatic carbocycles. The van der Waals surface area contributed by atoms with Gasteiger partial charge in [-0.2, -0.15) is 0 Å². The fourth-order valence-electron chi connectivity index (χ4n) is 3.38. The summed E-state index contributed by atoms with van der Waals surface area (Å²) in [6.07, 6.45) is 0.722. The minimum absolute atomic E-state index is 0.0242. The van der Waals surface area contributed by atoms with Crippen molar-refractivity contribution in [3.05, 3.63) is 50.8 Å². The number of imidazole rings is 1. The zero-order chi connectivity index (χ0) is 15.9. The average Bonchev–Trinajstić information content (AvgIpc) is 2.90. The van der Waals surface area contributed by atoms with E-state index >= 15 is 0 Å². The molecule has 0 radical (unpaired) electrons. The summed E-state index contributed by atoms with van der Waals surface area (Å²) in [6, 6.07) is 4.52. The van der Waals surface area contributed by atoms with Gasteiger partial charge in [0.05, 0.1) is 0 Å². The highest BCUT2D eigenvalue weighted by Gasteiger charge is 2.63. The lowest BCUT2D eigenvalue weighted by atomic mass is 9.93. The maximum atomic E-state index is 14.2. The second kappa shape index (κ2) is 3.49. The number of nitrogens with zero attached hydrogens (tertiary/aromatic N) is 1. The van der Waals surface area contributed by atoms with Crippen LogP contribution in [0.1, 0.15) is 33.4 Å². The van der Waals surface area contributed by atoms with E-state index in [1.807, 2.05) is 0 Å². The Kier molecular flexibility index (Phi) is 1.64. The van der Waals surface area contributed by atoms with E-state index < -0.39 is 12.3 Å². The number of halogens is 2. The Morgan fingerprint density at radius 3 is 3.26 bits per heavy atom. The lowest BCUT2D eigenvalue weighted by Gasteiger charge is -2.14. The third-order valence-electron chi connectivity index (χ3n) is 4.33. The van der Waals surface area contributed by atoms with E-state index in [0.29, 0.717) is 27.6 Å². The molecule has 2 atom stereocenters. The average molecular weight is 298 g/mol. The van der Waals surface area contributed by atoms with E-state index in [-0.39, 0.29) is 17.4 Å². The molecule has 2 heterocycles. The standard InChI is InChI=1S/C14H12ClFN2S/c1-7-12-10-5-14(10,6-18(12)13(19)17-7)9-4-8(15)2-3-11(9)16/h2-4,10H,5-6H2,1H3,(H,17,19)/t10-,14+/m0/s1/i1D3. The van der Waals surface area contributed by atoms with Crippen LogP contribution in [-0.4, -0.2) is 9.55 Å². The van der Waals surface area contributed by atoms with Crippen molar-refractivity contribution in [2.45, 2.75) is 31.2 Å². The van der Waals surface area contributed by atoms with E-state index in [4.69, 9.17) is 27.9 Å². The first-order chi connectivity index (χ1) is 10.2. The summed E-state index contributed by atoms with van der Waals surface area (Å²) >= 11 is 11.2. The van der Waals surface area contributed by atoms with Crippen LogP contribution < -0.4 is 0 Å². The lowest BCUT2D eigenvalue weighted by Crippen LogP contribution is -2.14. The quantitative estimate of drug-likeness (QED) is 0.787. The van der Waals surface area contributed by atoms with E-state index in [1.54, 1.807) is 10.6 Å². The summed E-state index contributed by atoms with van der Waals surface area (Å²) in [5.74, 6) is -0.327. The molecule has 0 unspecified atom stereocenters. The van der Waals surface area contributed by atoms with Gasteiger partial charge in [0, 0.05) is 38.4 Å². The normalized spacial score (nSPS) is 30.2. The van der Waals surface area contributed by atoms with E-state index in [2.05, 4.69) is 4.98 Å². The van der Waals surface area contributed by atoms with E-state index in [9.17, 15) is 4.39 Å². The largest absolute Gasteiger partial charge is 0.335 e. The summed E-state index contributed by atoms with van der Waals surface area (Å²) in [5.41, 5.74) is 1.03. The second-order valence-corrected chi connectivity index (χ2v) is 6.14. The van der Waals surface area contributed by atoms with Crippen molar-refractivity contribution in [2.75, 3.05) is 0 Å². The van der Waals surface area contributed by atoms with Gasteiger partial charge < -0.3 is 9.55 Å². The number of nitrogens with one attached hydrogen (secondary N) is 1. The van der Waals surface area contributed by atoms with Crippen molar-refractivity contribution in [1.82, 2.24) is 9.55 Å². The molecule has 4 rings (SSSR count). The van der Waals surface area contributed by atoms with Gasteiger partial charge in [-0.1, -0.05) is 11.6 Å². The smallest absolute Gasteiger partial charge is 0.177 e. The Morgan fingerprint density at radius 1 is 1.63 bits per heavy atom. The van der Waals surface area contributed by atoms with Crippen LogP contribution in [0.25, 0.3) is 0 Å². The number of aryl methyl sites for hydroxylation is 1. The van der Waals surface area contributed by atoms with Crippen LogP contribution >= 0.6 is 23.8 Å². The summed E-state index contributed by atoms with van der Waals surface area (Å²) < 4.78 is 39.4. The molecule has 0 saturated heterocycles. The molecule has 2 aliphatic rings. The topological polar surface area (TPSA) is 20.7 Å². The third kappa shape index (κ3) is 1.39. The van der Waals surface area contributed by atoms with Crippen molar-refractivity contribution in [3.8, 4) is 0 Å². The Balaban J connectivity index is 1.86. The van der Waals surface area contributed by atoms with E-state index in [1.165, 1.54) is 12.1 Å². The highest BCUT2D eigenvalue weighted by atomic mass is 35.5. The van der Waals surface area contributed by atoms with Crippen molar-refractivity contribution in [3.63, 3.8) is 0 Å². The van der Waals surface area contributed by atoms with Gasteiger partial charge in [-0.25, -0.2) is 4.39 Å². The fraction of sp³-hybridized carbons (Fsp3) is 0.357. The minimum Gasteiger partial charge on any atom is -0.335 e. The Bertz CT molecular complexity index is 857. The predicted molar refractivity (Wildman–Crippen MR) is 74.8 cm³/mol. The van der Waals surface area contributed by atoms with Crippen LogP contribution in [0, 0.1) is 17.4 Å². The van der Waals surface area contributed by atoms with Crippen LogP contribution in [0.2, 0.25) is 5.02 Å². The van der Waals surface area contributed by atoms with Crippen LogP contribution in [0.15, 0.2) is 18.2 Å². The lowest BCUT2D eigenvalue weighted by molar-refractivity contribution is 0.530. The molecule has 0 amide bonds. The molecule has 0 bridgehead atoms. The van der Waals surface area contributed by atoms with Gasteiger partial charge in [0.2, 0.25) is 0 Å². The molecule has 1 aliphatic carbocycles. The van der Waals surface area contributed by atoms with Gasteiger partial charge in [-0.05, 0) is 49.3 Å². The highest BCUT2D eigenvalue weighted by molar-refractivity contribution is 7.71. The van der Waals surface area contributed by atoms with Crippen molar-refractivity contribution in [1.29, 1.82) is 0 Å². The number of aromatic nitrogens is 2. The Labute approximate surface area is 124 Å². The molecule has 98 valence electrons. The number of aromatic amines is 1. The zero-order valence-corrected chi connectivity index (χ0v) is 11.4. The molecule has 1 aliphatic heterocycles. The number of benzene rings is 1. The number of fused-ring (bicyclic) bond motifs is 3. The van der Waals surface area contributed by atoms with Crippen LogP contribution in [0.4, 0.5) is 4.39 Å². The van der Waals surface area contributed by atoms with Gasteiger partial charge >= 0.3 is 0 Å². The van der Waals surface area contributed by atoms with Gasteiger partial charge in [0.25, 0.3) is 0 Å². The summed E-state index contributed by atoms with van der Waals surface area (Å²) in [4.78, 5) is 2.80. The fourth-order valence-corrected chi connectivity index (χ4v) is 3.82. The summed E-state index contributed by atoms with van der Waals surface area (Å²) in [7, 11) is 0. The number of hydrogen-bond acceptors (Lipinski definition) is 1. The predicted octanol–water partition coefficient (Wildman–Crippen LogP) is 4.09. The number of hydrogen-bond donors (Lipinski definition) is 1. The number of H-pyrrole nitrogens is 1. The Morgan fingerprint density at radius 2 is 2.47 bits per heavy atom. The van der Waals surface area contributed by atoms with Gasteiger partial charge in [-0.3, -0.25) is 0 Å². The van der Waals surface area contributed by atoms with Crippen molar-refractivity contribution in [2.24, 2.45) is 0 Å². The number of rotatable bonds is 1. The molecule has 1 N–H and O–H groups in total. The van der Waals surface area contributed by atoms with Gasteiger partial charge in [0.15, 0.2) is 4.77 Å². The van der Waals surface area contributed by atoms with Crippen molar-refractivity contribution < 1.29 is 8.50 Å². The van der Waals surface area contributed by atoms with Crippen LogP contribution in [-0.2, 0) is 12.0 Å². The first-order valence-corrected chi connectivity index (χ1v) is 6.81. The maximum absolute atomic E-state index is 14.2. The first-order valence-electron chi connectivity index (χ1n) is 7.53. The summed E-state index contributed by atoms with van der Waals surface area (Å²) in [6.45, 7) is -1.75. The van der Waals surface area contributed by atoms with Gasteiger partial charge in [-0.15, -0.1) is 0 Å². The highest BCUT2D eigenvalue weighted by Crippen LogP contribution is 2.66. The molecule has 2 nitrogen and oxygen atoms in total. The minimum atomic E-state index is -2.25. The van der Waals surface area contributed by atoms with E-state index in [0.717, 1.165) is 6.42 Å². The molecule has 0 spiro atoms. The molecule has 1 aromatic heterocycles. The Hall–Kier alpha value is -1.13. The first kappa shape index (κ1) is 8.93. The zero-order valence-electron chi connectivity index (χ0n) is 12.8. The monoisotopic (exact) mass is 297 g/mol. The van der Waals surface area contributed by atoms with Gasteiger partial charge in [0.1, 0.15) is 5.82 Å². The molecular weight excluding hydrogens is 283 g/mol. The molecular formula is C14H12ClFN2S. The SMILES string of the molecule is [2H]C([2H])([2H])c1[nH]c(=S)n2c1[C@@H]1C[C@]1(c1cc(Cl)ccc1F)C2. The maximum Gasteiger partial charge on any atom is 0.177 e. The molecule has 2 aromatic rings. The molecule has 19 heavy (non-hydrogen) atoms. The van der Waals surface area contributed by atoms with Crippen LogP contribution in [0.3, 0.4) is 0 Å². The molecule has 1 saturated carbocycles. The third-order valence-corrected chi connectivity index (χ3v) is 4.89. The second-order valence-electron chi connectivity index (χ2n) is 5.31. The molecule has 5 heteroatoms. The van der Waals surface area contributed by atoms with Crippen molar-refractivity contribution >= 4 is 23.8 Å². The van der Waals surface area contributed by atoms with Crippen LogP contribution in [0.5, 0.6) is 0 Å².